The van der Waals surface area contributed by atoms with Crippen molar-refractivity contribution in [3.05, 3.63) is 108 Å². The molecule has 0 atom stereocenters. The number of halogens is 1. The first-order valence-electron chi connectivity index (χ1n) is 8.21. The molecule has 126 valence electrons. The van der Waals surface area contributed by atoms with Crippen LogP contribution < -0.4 is 0 Å². The van der Waals surface area contributed by atoms with Crippen LogP contribution in [-0.2, 0) is 0 Å². The lowest BCUT2D eigenvalue weighted by atomic mass is 10.1. The Morgan fingerprint density at radius 1 is 0.846 bits per heavy atom. The van der Waals surface area contributed by atoms with E-state index in [1.54, 1.807) is 12.5 Å². The van der Waals surface area contributed by atoms with Crippen molar-refractivity contribution in [2.24, 2.45) is 0 Å². The lowest BCUT2D eigenvalue weighted by molar-refractivity contribution is 0.103. The van der Waals surface area contributed by atoms with E-state index in [0.717, 1.165) is 16.8 Å². The second-order valence-corrected chi connectivity index (χ2v) is 5.92. The highest BCUT2D eigenvalue weighted by molar-refractivity contribution is 6.07. The summed E-state index contributed by atoms with van der Waals surface area (Å²) in [6.07, 6.45) is 3.30. The van der Waals surface area contributed by atoms with Gasteiger partial charge in [-0.1, -0.05) is 42.5 Å². The van der Waals surface area contributed by atoms with Gasteiger partial charge in [-0.15, -0.1) is 0 Å². The molecule has 0 fully saturated rings. The Morgan fingerprint density at radius 3 is 2.35 bits per heavy atom. The zero-order chi connectivity index (χ0) is 17.9. The number of imidazole rings is 1. The van der Waals surface area contributed by atoms with Crippen LogP contribution in [0.15, 0.2) is 91.4 Å². The number of aromatic nitrogens is 2. The summed E-state index contributed by atoms with van der Waals surface area (Å²) in [5, 5.41) is 0. The quantitative estimate of drug-likeness (QED) is 0.494. The lowest BCUT2D eigenvalue weighted by Crippen LogP contribution is -2.01. The Balaban J connectivity index is 1.64. The molecule has 0 saturated carbocycles. The first-order valence-corrected chi connectivity index (χ1v) is 8.21. The highest BCUT2D eigenvalue weighted by Gasteiger charge is 2.13. The molecule has 0 aliphatic heterocycles. The van der Waals surface area contributed by atoms with Crippen molar-refractivity contribution < 1.29 is 9.18 Å². The maximum atomic E-state index is 13.0. The molecule has 0 aliphatic rings. The van der Waals surface area contributed by atoms with Gasteiger partial charge in [-0.2, -0.15) is 0 Å². The van der Waals surface area contributed by atoms with Crippen molar-refractivity contribution in [3.8, 4) is 16.8 Å². The fourth-order valence-electron chi connectivity index (χ4n) is 2.81. The van der Waals surface area contributed by atoms with E-state index in [-0.39, 0.29) is 11.6 Å². The highest BCUT2D eigenvalue weighted by Crippen LogP contribution is 2.22. The summed E-state index contributed by atoms with van der Waals surface area (Å²) in [5.41, 5.74) is 3.86. The van der Waals surface area contributed by atoms with Crippen LogP contribution in [0, 0.1) is 5.82 Å². The summed E-state index contributed by atoms with van der Waals surface area (Å²) in [6, 6.07) is 23.6. The van der Waals surface area contributed by atoms with Crippen LogP contribution in [0.4, 0.5) is 4.39 Å². The van der Waals surface area contributed by atoms with Gasteiger partial charge < -0.3 is 4.57 Å². The van der Waals surface area contributed by atoms with Gasteiger partial charge in [0.2, 0.25) is 5.78 Å². The smallest absolute Gasteiger partial charge is 0.212 e. The molecule has 3 nitrogen and oxygen atoms in total. The molecule has 0 saturated heterocycles. The third kappa shape index (κ3) is 3.17. The molecular formula is C22H15FN2O. The fourth-order valence-corrected chi connectivity index (χ4v) is 2.81. The summed E-state index contributed by atoms with van der Waals surface area (Å²) in [6.45, 7) is 0. The number of carbonyl (C=O) groups excluding carboxylic acids is 1. The third-order valence-corrected chi connectivity index (χ3v) is 4.17. The van der Waals surface area contributed by atoms with E-state index in [1.165, 1.54) is 24.3 Å². The first-order chi connectivity index (χ1) is 12.7. The van der Waals surface area contributed by atoms with E-state index < -0.39 is 0 Å². The van der Waals surface area contributed by atoms with Gasteiger partial charge in [0.1, 0.15) is 17.8 Å². The molecule has 1 heterocycles. The second kappa shape index (κ2) is 6.76. The van der Waals surface area contributed by atoms with Crippen molar-refractivity contribution in [1.82, 2.24) is 9.55 Å². The van der Waals surface area contributed by atoms with Crippen molar-refractivity contribution in [3.63, 3.8) is 0 Å². The van der Waals surface area contributed by atoms with Gasteiger partial charge in [0, 0.05) is 17.4 Å². The third-order valence-electron chi connectivity index (χ3n) is 4.17. The van der Waals surface area contributed by atoms with Gasteiger partial charge in [-0.25, -0.2) is 9.37 Å². The number of rotatable bonds is 4. The van der Waals surface area contributed by atoms with Crippen LogP contribution in [0.5, 0.6) is 0 Å². The van der Waals surface area contributed by atoms with Crippen LogP contribution in [0.3, 0.4) is 0 Å². The van der Waals surface area contributed by atoms with Crippen molar-refractivity contribution in [2.75, 3.05) is 0 Å². The number of carbonyl (C=O) groups is 1. The summed E-state index contributed by atoms with van der Waals surface area (Å²) in [7, 11) is 0. The zero-order valence-corrected chi connectivity index (χ0v) is 13.8. The van der Waals surface area contributed by atoms with Crippen LogP contribution in [0.2, 0.25) is 0 Å². The van der Waals surface area contributed by atoms with E-state index in [9.17, 15) is 9.18 Å². The number of hydrogen-bond donors (Lipinski definition) is 0. The van der Waals surface area contributed by atoms with Crippen LogP contribution in [0.1, 0.15) is 16.1 Å². The van der Waals surface area contributed by atoms with Crippen LogP contribution >= 0.6 is 0 Å². The van der Waals surface area contributed by atoms with Gasteiger partial charge in [0.05, 0.1) is 0 Å². The average Bonchev–Trinajstić information content (AvgIpc) is 3.19. The standard InChI is InChI=1S/C22H15FN2O/c23-19-11-9-17(10-12-19)22(26)21-14-25(15-24-21)20-8-4-7-18(13-20)16-5-2-1-3-6-16/h1-15H. The molecule has 0 unspecified atom stereocenters. The molecule has 0 spiro atoms. The normalized spacial score (nSPS) is 10.7. The molecule has 0 amide bonds. The zero-order valence-electron chi connectivity index (χ0n) is 13.8. The topological polar surface area (TPSA) is 34.9 Å². The minimum absolute atomic E-state index is 0.233. The number of benzene rings is 3. The molecule has 0 bridgehead atoms. The Morgan fingerprint density at radius 2 is 1.58 bits per heavy atom. The Bertz CT molecular complexity index is 1050. The van der Waals surface area contributed by atoms with E-state index in [2.05, 4.69) is 17.1 Å². The van der Waals surface area contributed by atoms with Gasteiger partial charge >= 0.3 is 0 Å². The van der Waals surface area contributed by atoms with Crippen molar-refractivity contribution >= 4 is 5.78 Å². The molecule has 4 rings (SSSR count). The summed E-state index contributed by atoms with van der Waals surface area (Å²) in [4.78, 5) is 16.7. The number of ketones is 1. The average molecular weight is 342 g/mol. The van der Waals surface area contributed by atoms with E-state index >= 15 is 0 Å². The largest absolute Gasteiger partial charge is 0.306 e. The summed E-state index contributed by atoms with van der Waals surface area (Å²) >= 11 is 0. The Kier molecular flexibility index (Phi) is 4.15. The molecule has 4 aromatic rings. The van der Waals surface area contributed by atoms with E-state index in [0.29, 0.717) is 11.3 Å². The molecule has 0 N–H and O–H groups in total. The van der Waals surface area contributed by atoms with Gasteiger partial charge in [-0.05, 0) is 47.5 Å². The Labute approximate surface area is 150 Å². The lowest BCUT2D eigenvalue weighted by Gasteiger charge is -2.06. The predicted octanol–water partition coefficient (Wildman–Crippen LogP) is 4.91. The second-order valence-electron chi connectivity index (χ2n) is 5.92. The minimum atomic E-state index is -0.371. The number of hydrogen-bond acceptors (Lipinski definition) is 2. The fraction of sp³-hybridized carbons (Fsp3) is 0. The maximum absolute atomic E-state index is 13.0. The van der Waals surface area contributed by atoms with Gasteiger partial charge in [-0.3, -0.25) is 4.79 Å². The molecule has 1 aromatic heterocycles. The molecular weight excluding hydrogens is 327 g/mol. The van der Waals surface area contributed by atoms with Gasteiger partial charge in [0.15, 0.2) is 0 Å². The van der Waals surface area contributed by atoms with Crippen LogP contribution in [0.25, 0.3) is 16.8 Å². The van der Waals surface area contributed by atoms with Crippen LogP contribution in [-0.4, -0.2) is 15.3 Å². The predicted molar refractivity (Wildman–Crippen MR) is 98.8 cm³/mol. The van der Waals surface area contributed by atoms with Crippen molar-refractivity contribution in [2.45, 2.75) is 0 Å². The molecule has 26 heavy (non-hydrogen) atoms. The summed E-state index contributed by atoms with van der Waals surface area (Å²) in [5.74, 6) is -0.604. The number of nitrogens with zero attached hydrogens (tertiary/aromatic N) is 2. The maximum Gasteiger partial charge on any atom is 0.212 e. The molecule has 3 aromatic carbocycles. The SMILES string of the molecule is O=C(c1ccc(F)cc1)c1cn(-c2cccc(-c3ccccc3)c2)cn1. The molecule has 0 aliphatic carbocycles. The van der Waals surface area contributed by atoms with E-state index in [4.69, 9.17) is 0 Å². The molecule has 0 radical (unpaired) electrons. The highest BCUT2D eigenvalue weighted by atomic mass is 19.1. The van der Waals surface area contributed by atoms with Crippen molar-refractivity contribution in [1.29, 1.82) is 0 Å². The molecule has 4 heteroatoms. The summed E-state index contributed by atoms with van der Waals surface area (Å²) < 4.78 is 14.8. The van der Waals surface area contributed by atoms with Gasteiger partial charge in [0.25, 0.3) is 0 Å². The Hall–Kier alpha value is -3.53. The minimum Gasteiger partial charge on any atom is -0.306 e. The first kappa shape index (κ1) is 16.0. The van der Waals surface area contributed by atoms with E-state index in [1.807, 2.05) is 47.0 Å². The monoisotopic (exact) mass is 342 g/mol.